The van der Waals surface area contributed by atoms with Crippen molar-refractivity contribution in [2.24, 2.45) is 11.7 Å². The molecule has 0 aromatic carbocycles. The van der Waals surface area contributed by atoms with E-state index in [1.165, 1.54) is 44.3 Å². The van der Waals surface area contributed by atoms with Crippen LogP contribution in [-0.4, -0.2) is 18.0 Å². The lowest BCUT2D eigenvalue weighted by Gasteiger charge is -2.18. The van der Waals surface area contributed by atoms with E-state index in [9.17, 15) is 0 Å². The van der Waals surface area contributed by atoms with Gasteiger partial charge >= 0.3 is 0 Å². The third-order valence-corrected chi connectivity index (χ3v) is 4.15. The van der Waals surface area contributed by atoms with E-state index in [4.69, 9.17) is 10.2 Å². The Balaban J connectivity index is 1.92. The zero-order valence-electron chi connectivity index (χ0n) is 11.7. The number of nitrogens with zero attached hydrogens (tertiary/aromatic N) is 1. The monoisotopic (exact) mass is 250 g/mol. The van der Waals surface area contributed by atoms with E-state index in [0.717, 1.165) is 24.0 Å². The third-order valence-electron chi connectivity index (χ3n) is 4.15. The van der Waals surface area contributed by atoms with Gasteiger partial charge in [-0.05, 0) is 56.8 Å². The fourth-order valence-corrected chi connectivity index (χ4v) is 2.88. The van der Waals surface area contributed by atoms with Crippen LogP contribution in [0.3, 0.4) is 0 Å². The maximum Gasteiger partial charge on any atom is 0.120 e. The first-order chi connectivity index (χ1) is 8.72. The summed E-state index contributed by atoms with van der Waals surface area (Å²) in [5, 5.41) is 0. The average molecular weight is 250 g/mol. The van der Waals surface area contributed by atoms with Crippen molar-refractivity contribution in [3.63, 3.8) is 0 Å². The minimum Gasteiger partial charge on any atom is -0.463 e. The molecule has 1 unspecified atom stereocenters. The van der Waals surface area contributed by atoms with E-state index >= 15 is 0 Å². The highest BCUT2D eigenvalue weighted by molar-refractivity contribution is 5.19. The Morgan fingerprint density at radius 3 is 2.89 bits per heavy atom. The van der Waals surface area contributed by atoms with Gasteiger partial charge in [-0.2, -0.15) is 0 Å². The Kier molecular flexibility index (Phi) is 4.84. The van der Waals surface area contributed by atoms with E-state index in [1.54, 1.807) is 0 Å². The minimum atomic E-state index is 0.504. The molecule has 1 aliphatic rings. The van der Waals surface area contributed by atoms with Crippen molar-refractivity contribution in [2.45, 2.75) is 52.6 Å². The van der Waals surface area contributed by atoms with Crippen molar-refractivity contribution in [1.82, 2.24) is 4.90 Å². The van der Waals surface area contributed by atoms with Gasteiger partial charge in [-0.3, -0.25) is 4.90 Å². The maximum absolute atomic E-state index is 5.79. The molecule has 3 heteroatoms. The number of hydrogen-bond donors (Lipinski definition) is 1. The minimum absolute atomic E-state index is 0.504. The Labute approximate surface area is 110 Å². The van der Waals surface area contributed by atoms with Crippen LogP contribution >= 0.6 is 0 Å². The Morgan fingerprint density at radius 1 is 1.39 bits per heavy atom. The van der Waals surface area contributed by atoms with Gasteiger partial charge in [0.25, 0.3) is 0 Å². The molecule has 0 amide bonds. The van der Waals surface area contributed by atoms with Gasteiger partial charge in [0.15, 0.2) is 0 Å². The van der Waals surface area contributed by atoms with Crippen molar-refractivity contribution in [1.29, 1.82) is 0 Å². The fraction of sp³-hybridized carbons (Fsp3) is 0.733. The second-order valence-electron chi connectivity index (χ2n) is 5.50. The summed E-state index contributed by atoms with van der Waals surface area (Å²) in [6.45, 7) is 8.24. The van der Waals surface area contributed by atoms with Crippen LogP contribution in [0.4, 0.5) is 0 Å². The maximum atomic E-state index is 5.79. The van der Waals surface area contributed by atoms with Crippen LogP contribution in [0.2, 0.25) is 0 Å². The lowest BCUT2D eigenvalue weighted by atomic mass is 9.98. The van der Waals surface area contributed by atoms with Gasteiger partial charge in [0.2, 0.25) is 0 Å². The molecule has 1 aromatic heterocycles. The molecule has 0 aliphatic carbocycles. The highest BCUT2D eigenvalue weighted by Crippen LogP contribution is 2.22. The van der Waals surface area contributed by atoms with Crippen LogP contribution in [0, 0.1) is 12.8 Å². The van der Waals surface area contributed by atoms with Gasteiger partial charge in [0.1, 0.15) is 11.5 Å². The first-order valence-corrected chi connectivity index (χ1v) is 7.23. The summed E-state index contributed by atoms with van der Waals surface area (Å²) in [6.07, 6.45) is 5.37. The fourth-order valence-electron chi connectivity index (χ4n) is 2.88. The molecule has 0 bridgehead atoms. The van der Waals surface area contributed by atoms with Gasteiger partial charge < -0.3 is 10.2 Å². The number of likely N-dealkylation sites (tertiary alicyclic amines) is 1. The number of rotatable bonds is 4. The number of aryl methyl sites for hydroxylation is 1. The molecule has 1 aliphatic heterocycles. The summed E-state index contributed by atoms with van der Waals surface area (Å²) in [5.41, 5.74) is 6.84. The summed E-state index contributed by atoms with van der Waals surface area (Å²) < 4.78 is 5.79. The van der Waals surface area contributed by atoms with Crippen LogP contribution in [-0.2, 0) is 13.1 Å². The molecule has 0 radical (unpaired) electrons. The molecule has 3 nitrogen and oxygen atoms in total. The quantitative estimate of drug-likeness (QED) is 0.893. The van der Waals surface area contributed by atoms with E-state index in [2.05, 4.69) is 24.8 Å². The lowest BCUT2D eigenvalue weighted by molar-refractivity contribution is 0.247. The third kappa shape index (κ3) is 3.36. The van der Waals surface area contributed by atoms with Crippen molar-refractivity contribution < 1.29 is 4.42 Å². The second kappa shape index (κ2) is 6.39. The first-order valence-electron chi connectivity index (χ1n) is 7.23. The zero-order valence-corrected chi connectivity index (χ0v) is 11.7. The van der Waals surface area contributed by atoms with Crippen LogP contribution in [0.15, 0.2) is 10.5 Å². The lowest BCUT2D eigenvalue weighted by Crippen LogP contribution is -2.24. The summed E-state index contributed by atoms with van der Waals surface area (Å²) in [7, 11) is 0. The van der Waals surface area contributed by atoms with E-state index in [0.29, 0.717) is 6.54 Å². The van der Waals surface area contributed by atoms with Crippen LogP contribution < -0.4 is 5.73 Å². The largest absolute Gasteiger partial charge is 0.463 e. The molecular formula is C15H26N2O. The topological polar surface area (TPSA) is 42.4 Å². The summed E-state index contributed by atoms with van der Waals surface area (Å²) >= 11 is 0. The second-order valence-corrected chi connectivity index (χ2v) is 5.50. The average Bonchev–Trinajstić information content (AvgIpc) is 2.59. The highest BCUT2D eigenvalue weighted by Gasteiger charge is 2.17. The number of hydrogen-bond acceptors (Lipinski definition) is 3. The first kappa shape index (κ1) is 13.6. The standard InChI is InChI=1S/C15H26N2O/c1-3-13-5-4-7-17(8-6-13)11-14-9-12(2)15(10-16)18-14/h9,13H,3-8,10-11,16H2,1-2H3. The summed E-state index contributed by atoms with van der Waals surface area (Å²) in [4.78, 5) is 2.52. The Morgan fingerprint density at radius 2 is 2.22 bits per heavy atom. The van der Waals surface area contributed by atoms with Crippen molar-refractivity contribution in [3.8, 4) is 0 Å². The molecule has 18 heavy (non-hydrogen) atoms. The normalized spacial score (nSPS) is 22.1. The Bertz CT molecular complexity index is 373. The molecule has 1 saturated heterocycles. The highest BCUT2D eigenvalue weighted by atomic mass is 16.3. The van der Waals surface area contributed by atoms with Gasteiger partial charge in [0.05, 0.1) is 13.1 Å². The van der Waals surface area contributed by atoms with Crippen LogP contribution in [0.1, 0.15) is 49.7 Å². The van der Waals surface area contributed by atoms with Gasteiger partial charge in [-0.1, -0.05) is 13.3 Å². The van der Waals surface area contributed by atoms with Gasteiger partial charge in [-0.25, -0.2) is 0 Å². The van der Waals surface area contributed by atoms with Crippen molar-refractivity contribution >= 4 is 0 Å². The molecule has 0 spiro atoms. The summed E-state index contributed by atoms with van der Waals surface area (Å²) in [6, 6.07) is 2.14. The van der Waals surface area contributed by atoms with Crippen molar-refractivity contribution in [3.05, 3.63) is 23.2 Å². The van der Waals surface area contributed by atoms with E-state index in [1.807, 2.05) is 0 Å². The zero-order chi connectivity index (χ0) is 13.0. The van der Waals surface area contributed by atoms with E-state index < -0.39 is 0 Å². The van der Waals surface area contributed by atoms with E-state index in [-0.39, 0.29) is 0 Å². The molecule has 102 valence electrons. The molecule has 1 atom stereocenters. The smallest absolute Gasteiger partial charge is 0.120 e. The molecule has 2 rings (SSSR count). The molecule has 2 heterocycles. The van der Waals surface area contributed by atoms with Gasteiger partial charge in [-0.15, -0.1) is 0 Å². The number of furan rings is 1. The molecule has 2 N–H and O–H groups in total. The molecule has 1 fully saturated rings. The predicted molar refractivity (Wildman–Crippen MR) is 74.2 cm³/mol. The SMILES string of the molecule is CCC1CCCN(Cc2cc(C)c(CN)o2)CC1. The van der Waals surface area contributed by atoms with Gasteiger partial charge in [0, 0.05) is 0 Å². The summed E-state index contributed by atoms with van der Waals surface area (Å²) in [5.74, 6) is 2.93. The predicted octanol–water partition coefficient (Wildman–Crippen LogP) is 3.06. The number of nitrogens with two attached hydrogens (primary N) is 1. The van der Waals surface area contributed by atoms with Crippen LogP contribution in [0.5, 0.6) is 0 Å². The Hall–Kier alpha value is -0.800. The molecule has 0 saturated carbocycles. The molecule has 1 aromatic rings. The van der Waals surface area contributed by atoms with Crippen molar-refractivity contribution in [2.75, 3.05) is 13.1 Å². The molecular weight excluding hydrogens is 224 g/mol. The van der Waals surface area contributed by atoms with Crippen LogP contribution in [0.25, 0.3) is 0 Å².